The number of hydrogen-bond donors (Lipinski definition) is 5. The first-order valence-electron chi connectivity index (χ1n) is 14.4. The number of aliphatic hydroxyl groups is 1. The highest BCUT2D eigenvalue weighted by Gasteiger charge is 2.50. The van der Waals surface area contributed by atoms with Crippen LogP contribution in [-0.2, 0) is 21.4 Å². The molecule has 2 amide bonds. The van der Waals surface area contributed by atoms with Gasteiger partial charge in [0.1, 0.15) is 12.3 Å². The number of fused-ring (bicyclic) bond motifs is 2. The molecule has 0 bridgehead atoms. The Bertz CT molecular complexity index is 1640. The molecule has 2 unspecified atom stereocenters. The fourth-order valence-corrected chi connectivity index (χ4v) is 7.53. The molecule has 0 saturated carbocycles. The van der Waals surface area contributed by atoms with E-state index in [0.29, 0.717) is 30.5 Å². The molecule has 3 aromatic rings. The Morgan fingerprint density at radius 1 is 1.16 bits per heavy atom. The number of carbonyl (C=O) groups is 2. The van der Waals surface area contributed by atoms with Crippen LogP contribution in [0.15, 0.2) is 47.4 Å². The Hall–Kier alpha value is -3.00. The number of hydrogen-bond acceptors (Lipinski definition) is 7. The van der Waals surface area contributed by atoms with E-state index in [0.717, 1.165) is 54.7 Å². The molecular formula is C29H35F2N4O7PS. The molecule has 2 fully saturated rings. The monoisotopic (exact) mass is 652 g/mol. The normalized spacial score (nSPS) is 22.1. The molecule has 1 aromatic carbocycles. The van der Waals surface area contributed by atoms with Gasteiger partial charge in [-0.1, -0.05) is 18.9 Å². The average molecular weight is 653 g/mol. The van der Waals surface area contributed by atoms with Crippen molar-refractivity contribution in [2.24, 2.45) is 0 Å². The molecule has 11 nitrogen and oxygen atoms in total. The molecular weight excluding hydrogens is 617 g/mol. The quantitative estimate of drug-likeness (QED) is 0.174. The van der Waals surface area contributed by atoms with Crippen molar-refractivity contribution in [1.82, 2.24) is 20.1 Å². The molecule has 5 rings (SSSR count). The van der Waals surface area contributed by atoms with E-state index in [1.165, 1.54) is 18.2 Å². The van der Waals surface area contributed by atoms with Crippen molar-refractivity contribution in [2.75, 3.05) is 13.6 Å². The third kappa shape index (κ3) is 6.65. The highest BCUT2D eigenvalue weighted by Crippen LogP contribution is 2.59. The summed E-state index contributed by atoms with van der Waals surface area (Å²) in [6, 6.07) is 6.44. The van der Waals surface area contributed by atoms with E-state index in [4.69, 9.17) is 9.79 Å². The number of aliphatic hydroxyl groups excluding tert-OH is 1. The maximum atomic E-state index is 14.2. The summed E-state index contributed by atoms with van der Waals surface area (Å²) in [5, 5.41) is 14.3. The fourth-order valence-electron chi connectivity index (χ4n) is 6.11. The van der Waals surface area contributed by atoms with Crippen LogP contribution in [-0.4, -0.2) is 79.4 Å². The molecule has 2 saturated heterocycles. The number of alkyl halides is 2. The minimum atomic E-state index is -5.75. The molecule has 4 atom stereocenters. The summed E-state index contributed by atoms with van der Waals surface area (Å²) in [7, 11) is -3.99. The van der Waals surface area contributed by atoms with Crippen LogP contribution < -0.4 is 10.9 Å². The van der Waals surface area contributed by atoms with Crippen LogP contribution in [0.25, 0.3) is 10.1 Å². The number of nitrogens with one attached hydrogen (secondary N) is 2. The van der Waals surface area contributed by atoms with Gasteiger partial charge in [-0.2, -0.15) is 8.78 Å². The predicted octanol–water partition coefficient (Wildman–Crippen LogP) is 3.34. The number of rotatable bonds is 9. The Kier molecular flexibility index (Phi) is 9.41. The first kappa shape index (κ1) is 32.4. The van der Waals surface area contributed by atoms with E-state index >= 15 is 0 Å². The summed E-state index contributed by atoms with van der Waals surface area (Å²) in [5.74, 6) is -0.839. The maximum Gasteiger partial charge on any atom is 0.399 e. The summed E-state index contributed by atoms with van der Waals surface area (Å²) in [5.41, 5.74) is -4.61. The highest BCUT2D eigenvalue weighted by molar-refractivity contribution is 7.52. The van der Waals surface area contributed by atoms with Gasteiger partial charge in [-0.05, 0) is 74.4 Å². The number of likely N-dealkylation sites (N-methyl/N-ethyl adjacent to an activating group) is 1. The van der Waals surface area contributed by atoms with Gasteiger partial charge in [-0.3, -0.25) is 23.8 Å². The van der Waals surface area contributed by atoms with Gasteiger partial charge in [-0.25, -0.2) is 0 Å². The van der Waals surface area contributed by atoms with Crippen molar-refractivity contribution >= 4 is 40.8 Å². The third-order valence-electron chi connectivity index (χ3n) is 8.53. The second-order valence-electron chi connectivity index (χ2n) is 11.5. The van der Waals surface area contributed by atoms with Crippen molar-refractivity contribution in [2.45, 2.75) is 75.0 Å². The lowest BCUT2D eigenvalue weighted by Crippen LogP contribution is -2.58. The predicted molar refractivity (Wildman–Crippen MR) is 161 cm³/mol. The highest BCUT2D eigenvalue weighted by atomic mass is 32.1. The van der Waals surface area contributed by atoms with Gasteiger partial charge in [-0.15, -0.1) is 11.3 Å². The minimum absolute atomic E-state index is 0.0682. The lowest BCUT2D eigenvalue weighted by Gasteiger charge is -2.39. The Labute approximate surface area is 256 Å². The van der Waals surface area contributed by atoms with Gasteiger partial charge < -0.3 is 30.1 Å². The third-order valence-corrected chi connectivity index (χ3v) is 10.6. The Morgan fingerprint density at radius 3 is 2.64 bits per heavy atom. The van der Waals surface area contributed by atoms with Crippen LogP contribution in [0.2, 0.25) is 0 Å². The van der Waals surface area contributed by atoms with Crippen molar-refractivity contribution in [3.8, 4) is 0 Å². The van der Waals surface area contributed by atoms with E-state index in [-0.39, 0.29) is 27.8 Å². The van der Waals surface area contributed by atoms with Crippen LogP contribution in [0.4, 0.5) is 8.78 Å². The zero-order chi connectivity index (χ0) is 31.8. The first-order chi connectivity index (χ1) is 20.8. The molecule has 5 N–H and O–H groups in total. The Morgan fingerprint density at radius 2 is 1.91 bits per heavy atom. The molecule has 238 valence electrons. The molecule has 0 aliphatic carbocycles. The zero-order valence-corrected chi connectivity index (χ0v) is 25.7. The van der Waals surface area contributed by atoms with Gasteiger partial charge in [0.25, 0.3) is 5.91 Å². The average Bonchev–Trinajstić information content (AvgIpc) is 3.59. The standard InChI is InChI=1S/C29H35F2N4O7PS/c1-34(13-11-17-10-12-32-25(36)14-17)28(39)22-8-7-20-4-2-3-5-21(27(38)35(20)22)33-26(37)24-16-18-15-19(6-9-23(18)44-24)29(30,31)43(40,41)42/h6,9-10,12,14-16,20-22,28,39H,2-5,7-8,11,13H2,1H3,(H,32,36)(H,33,37)(H2,40,41,42)/t20-,21?,22-,28?/m0/s1. The first-order valence-corrected chi connectivity index (χ1v) is 16.9. The van der Waals surface area contributed by atoms with Crippen LogP contribution >= 0.6 is 18.9 Å². The number of halogens is 2. The van der Waals surface area contributed by atoms with Gasteiger partial charge >= 0.3 is 13.3 Å². The van der Waals surface area contributed by atoms with E-state index in [2.05, 4.69) is 10.3 Å². The molecule has 0 spiro atoms. The topological polar surface area (TPSA) is 163 Å². The number of amides is 2. The smallest absolute Gasteiger partial charge is 0.376 e. The number of pyridine rings is 1. The summed E-state index contributed by atoms with van der Waals surface area (Å²) >= 11 is 1.02. The number of benzene rings is 1. The molecule has 0 radical (unpaired) electrons. The van der Waals surface area contributed by atoms with Crippen molar-refractivity contribution < 1.29 is 37.8 Å². The van der Waals surface area contributed by atoms with Crippen LogP contribution in [0, 0.1) is 0 Å². The molecule has 2 aliphatic rings. The largest absolute Gasteiger partial charge is 0.399 e. The lowest BCUT2D eigenvalue weighted by molar-refractivity contribution is -0.143. The maximum absolute atomic E-state index is 14.2. The van der Waals surface area contributed by atoms with Gasteiger partial charge in [0.2, 0.25) is 11.5 Å². The van der Waals surface area contributed by atoms with Crippen LogP contribution in [0.1, 0.15) is 59.3 Å². The summed E-state index contributed by atoms with van der Waals surface area (Å²) in [4.78, 5) is 63.2. The van der Waals surface area contributed by atoms with Gasteiger partial charge in [0.05, 0.1) is 10.9 Å². The van der Waals surface area contributed by atoms with Crippen molar-refractivity contribution in [3.05, 3.63) is 69.0 Å². The van der Waals surface area contributed by atoms with Crippen LogP contribution in [0.3, 0.4) is 0 Å². The molecule has 4 heterocycles. The molecule has 44 heavy (non-hydrogen) atoms. The number of nitrogens with zero attached hydrogens (tertiary/aromatic N) is 2. The van der Waals surface area contributed by atoms with E-state index < -0.39 is 43.0 Å². The van der Waals surface area contributed by atoms with E-state index in [1.807, 2.05) is 0 Å². The summed E-state index contributed by atoms with van der Waals surface area (Å²) in [6.45, 7) is 0.460. The Balaban J connectivity index is 1.30. The van der Waals surface area contributed by atoms with Gasteiger partial charge in [0, 0.05) is 35.1 Å². The molecule has 15 heteroatoms. The van der Waals surface area contributed by atoms with Gasteiger partial charge in [0.15, 0.2) is 0 Å². The zero-order valence-electron chi connectivity index (χ0n) is 24.0. The number of aromatic nitrogens is 1. The van der Waals surface area contributed by atoms with Crippen molar-refractivity contribution in [1.29, 1.82) is 0 Å². The number of H-pyrrole nitrogens is 1. The SMILES string of the molecule is CN(CCc1cc[nH]c(=O)c1)C(O)[C@@H]1CC[C@@H]2CCCCC(NC(=O)c3cc4cc(C(F)(F)P(=O)(O)O)ccc4s3)C(=O)N21. The van der Waals surface area contributed by atoms with Crippen molar-refractivity contribution in [3.63, 3.8) is 0 Å². The number of thiophene rings is 1. The van der Waals surface area contributed by atoms with E-state index in [1.54, 1.807) is 29.1 Å². The summed E-state index contributed by atoms with van der Waals surface area (Å²) < 4.78 is 40.3. The second-order valence-corrected chi connectivity index (χ2v) is 14.2. The molecule has 2 aromatic heterocycles. The minimum Gasteiger partial charge on any atom is -0.376 e. The fraction of sp³-hybridized carbons (Fsp3) is 0.483. The molecule has 2 aliphatic heterocycles. The van der Waals surface area contributed by atoms with Crippen LogP contribution in [0.5, 0.6) is 0 Å². The summed E-state index contributed by atoms with van der Waals surface area (Å²) in [6.07, 6.45) is 5.25. The number of aromatic amines is 1. The van der Waals surface area contributed by atoms with E-state index in [9.17, 15) is 32.8 Å². The second kappa shape index (κ2) is 12.8. The number of carbonyl (C=O) groups excluding carboxylic acids is 2. The lowest BCUT2D eigenvalue weighted by atomic mass is 9.98.